The first-order valence-corrected chi connectivity index (χ1v) is 5.24. The lowest BCUT2D eigenvalue weighted by Crippen LogP contribution is -1.95. The summed E-state index contributed by atoms with van der Waals surface area (Å²) >= 11 is 0. The average molecular weight is 193 g/mol. The number of halogens is 1. The van der Waals surface area contributed by atoms with Crippen LogP contribution in [0.5, 0.6) is 0 Å². The van der Waals surface area contributed by atoms with Gasteiger partial charge in [-0.3, -0.25) is 0 Å². The van der Waals surface area contributed by atoms with Gasteiger partial charge in [0.1, 0.15) is 0 Å². The molecule has 0 radical (unpaired) electrons. The lowest BCUT2D eigenvalue weighted by Gasteiger charge is -1.93. The molecule has 60 valence electrons. The molecule has 1 aromatic rings. The summed E-state index contributed by atoms with van der Waals surface area (Å²) in [5.74, 6) is -0.204. The Kier molecular flexibility index (Phi) is 2.41. The summed E-state index contributed by atoms with van der Waals surface area (Å²) in [4.78, 5) is 0. The van der Waals surface area contributed by atoms with Crippen LogP contribution in [0.3, 0.4) is 0 Å². The second kappa shape index (κ2) is 3.15. The van der Waals surface area contributed by atoms with Gasteiger partial charge in [0.2, 0.25) is 9.05 Å². The van der Waals surface area contributed by atoms with Gasteiger partial charge in [-0.1, -0.05) is 0 Å². The Balaban J connectivity index is 2.82. The van der Waals surface area contributed by atoms with Crippen molar-refractivity contribution in [2.45, 2.75) is 5.75 Å². The average Bonchev–Trinajstić information content (AvgIpc) is 1.85. The molecule has 1 rings (SSSR count). The fourth-order valence-corrected chi connectivity index (χ4v) is 1.55. The minimum Gasteiger partial charge on any atom is -0.212 e. The van der Waals surface area contributed by atoms with Gasteiger partial charge < -0.3 is 0 Å². The Morgan fingerprint density at radius 1 is 1.45 bits per heavy atom. The maximum atomic E-state index is 10.5. The van der Waals surface area contributed by atoms with Gasteiger partial charge in [-0.15, -0.1) is 0 Å². The molecule has 11 heavy (non-hydrogen) atoms. The van der Waals surface area contributed by atoms with Gasteiger partial charge in [0, 0.05) is 16.9 Å². The Labute approximate surface area is 68.6 Å². The molecule has 0 saturated heterocycles. The van der Waals surface area contributed by atoms with Crippen molar-refractivity contribution in [2.24, 2.45) is 0 Å². The predicted molar refractivity (Wildman–Crippen MR) is 40.5 cm³/mol. The molecule has 1 aromatic heterocycles. The minimum atomic E-state index is -3.47. The third-order valence-corrected chi connectivity index (χ3v) is 1.99. The predicted octanol–water partition coefficient (Wildman–Crippen LogP) is 0.545. The molecule has 0 atom stereocenters. The Hall–Kier alpha value is -0.680. The summed E-state index contributed by atoms with van der Waals surface area (Å²) in [6.07, 6.45) is 2.78. The highest BCUT2D eigenvalue weighted by Gasteiger charge is 2.05. The number of nitrogens with zero attached hydrogens (tertiary/aromatic N) is 2. The summed E-state index contributed by atoms with van der Waals surface area (Å²) in [6.45, 7) is 0. The standard InChI is InChI=1S/C5H5ClN2O2S/c6-11(9,10)4-5-1-2-7-8-3-5/h1-3H,4H2. The first-order chi connectivity index (χ1) is 5.08. The second-order valence-corrected chi connectivity index (χ2v) is 4.71. The summed E-state index contributed by atoms with van der Waals surface area (Å²) < 4.78 is 21.0. The van der Waals surface area contributed by atoms with Crippen molar-refractivity contribution < 1.29 is 8.42 Å². The second-order valence-electron chi connectivity index (χ2n) is 1.93. The van der Waals surface area contributed by atoms with Crippen molar-refractivity contribution >= 4 is 19.7 Å². The van der Waals surface area contributed by atoms with Crippen molar-refractivity contribution in [1.29, 1.82) is 0 Å². The molecule has 0 aromatic carbocycles. The molecule has 4 nitrogen and oxygen atoms in total. The van der Waals surface area contributed by atoms with Gasteiger partial charge in [-0.2, -0.15) is 10.2 Å². The molecular weight excluding hydrogens is 188 g/mol. The van der Waals surface area contributed by atoms with Crippen LogP contribution in [0.2, 0.25) is 0 Å². The Morgan fingerprint density at radius 3 is 2.64 bits per heavy atom. The lowest BCUT2D eigenvalue weighted by molar-refractivity contribution is 0.608. The van der Waals surface area contributed by atoms with Crippen LogP contribution in [-0.4, -0.2) is 18.6 Å². The summed E-state index contributed by atoms with van der Waals surface area (Å²) in [5.41, 5.74) is 0.537. The molecular formula is C5H5ClN2O2S. The van der Waals surface area contributed by atoms with E-state index < -0.39 is 9.05 Å². The van der Waals surface area contributed by atoms with Gasteiger partial charge >= 0.3 is 0 Å². The van der Waals surface area contributed by atoms with E-state index in [0.717, 1.165) is 0 Å². The zero-order chi connectivity index (χ0) is 8.32. The first kappa shape index (κ1) is 8.42. The van der Waals surface area contributed by atoms with E-state index in [1.807, 2.05) is 0 Å². The smallest absolute Gasteiger partial charge is 0.212 e. The molecule has 0 amide bonds. The zero-order valence-electron chi connectivity index (χ0n) is 5.44. The first-order valence-electron chi connectivity index (χ1n) is 2.76. The van der Waals surface area contributed by atoms with Crippen LogP contribution in [-0.2, 0) is 14.8 Å². The third-order valence-electron chi connectivity index (χ3n) is 0.985. The van der Waals surface area contributed by atoms with Crippen molar-refractivity contribution in [1.82, 2.24) is 10.2 Å². The van der Waals surface area contributed by atoms with Crippen LogP contribution in [0.25, 0.3) is 0 Å². The SMILES string of the molecule is O=S(=O)(Cl)Cc1ccnnc1. The highest BCUT2D eigenvalue weighted by Crippen LogP contribution is 2.06. The van der Waals surface area contributed by atoms with Crippen LogP contribution in [0.4, 0.5) is 0 Å². The van der Waals surface area contributed by atoms with Crippen molar-refractivity contribution in [3.8, 4) is 0 Å². The minimum absolute atomic E-state index is 0.204. The molecule has 0 unspecified atom stereocenters. The van der Waals surface area contributed by atoms with Crippen LogP contribution in [0.15, 0.2) is 18.5 Å². The molecule has 0 aliphatic rings. The molecule has 0 N–H and O–H groups in total. The summed E-state index contributed by atoms with van der Waals surface area (Å²) in [7, 11) is 1.52. The molecule has 0 saturated carbocycles. The summed E-state index contributed by atoms with van der Waals surface area (Å²) in [6, 6.07) is 1.55. The molecule has 0 fully saturated rings. The number of aromatic nitrogens is 2. The van der Waals surface area contributed by atoms with E-state index in [0.29, 0.717) is 5.56 Å². The van der Waals surface area contributed by atoms with Crippen molar-refractivity contribution in [2.75, 3.05) is 0 Å². The highest BCUT2D eigenvalue weighted by atomic mass is 35.7. The molecule has 0 aliphatic heterocycles. The van der Waals surface area contributed by atoms with Gasteiger partial charge in [0.25, 0.3) is 0 Å². The van der Waals surface area contributed by atoms with E-state index in [1.165, 1.54) is 12.4 Å². The summed E-state index contributed by atoms with van der Waals surface area (Å²) in [5, 5.41) is 6.98. The fraction of sp³-hybridized carbons (Fsp3) is 0.200. The molecule has 0 bridgehead atoms. The number of rotatable bonds is 2. The van der Waals surface area contributed by atoms with E-state index in [4.69, 9.17) is 10.7 Å². The van der Waals surface area contributed by atoms with Crippen LogP contribution in [0.1, 0.15) is 5.56 Å². The zero-order valence-corrected chi connectivity index (χ0v) is 7.01. The van der Waals surface area contributed by atoms with E-state index in [9.17, 15) is 8.42 Å². The van der Waals surface area contributed by atoms with Crippen molar-refractivity contribution in [3.63, 3.8) is 0 Å². The van der Waals surface area contributed by atoms with Crippen molar-refractivity contribution in [3.05, 3.63) is 24.0 Å². The maximum Gasteiger partial charge on any atom is 0.236 e. The lowest BCUT2D eigenvalue weighted by atomic mass is 10.4. The number of hydrogen-bond donors (Lipinski definition) is 0. The largest absolute Gasteiger partial charge is 0.236 e. The molecule has 0 spiro atoms. The van der Waals surface area contributed by atoms with Gasteiger partial charge in [-0.25, -0.2) is 8.42 Å². The van der Waals surface area contributed by atoms with E-state index in [1.54, 1.807) is 6.07 Å². The van der Waals surface area contributed by atoms with Gasteiger partial charge in [-0.05, 0) is 11.6 Å². The van der Waals surface area contributed by atoms with Crippen LogP contribution >= 0.6 is 10.7 Å². The van der Waals surface area contributed by atoms with Crippen LogP contribution in [0, 0.1) is 0 Å². The quantitative estimate of drug-likeness (QED) is 0.642. The monoisotopic (exact) mass is 192 g/mol. The fourth-order valence-electron chi connectivity index (χ4n) is 0.603. The van der Waals surface area contributed by atoms with E-state index in [2.05, 4.69) is 10.2 Å². The molecule has 6 heteroatoms. The highest BCUT2D eigenvalue weighted by molar-refractivity contribution is 8.13. The third kappa shape index (κ3) is 3.29. The van der Waals surface area contributed by atoms with Crippen LogP contribution < -0.4 is 0 Å². The maximum absolute atomic E-state index is 10.5. The van der Waals surface area contributed by atoms with E-state index in [-0.39, 0.29) is 5.75 Å². The molecule has 1 heterocycles. The number of hydrogen-bond acceptors (Lipinski definition) is 4. The normalized spacial score (nSPS) is 11.4. The van der Waals surface area contributed by atoms with Gasteiger partial charge in [0.15, 0.2) is 0 Å². The molecule has 0 aliphatic carbocycles. The van der Waals surface area contributed by atoms with Gasteiger partial charge in [0.05, 0.1) is 11.9 Å². The van der Waals surface area contributed by atoms with E-state index >= 15 is 0 Å². The topological polar surface area (TPSA) is 59.9 Å². The Bertz CT molecular complexity index is 324. The Morgan fingerprint density at radius 2 is 2.18 bits per heavy atom.